The van der Waals surface area contributed by atoms with Crippen LogP contribution in [0.5, 0.6) is 0 Å². The number of hydrogen-bond donors (Lipinski definition) is 0. The van der Waals surface area contributed by atoms with Gasteiger partial charge in [0.25, 0.3) is 5.91 Å². The molecule has 0 spiro atoms. The Kier molecular flexibility index (Phi) is 3.28. The van der Waals surface area contributed by atoms with Crippen molar-refractivity contribution in [1.29, 1.82) is 0 Å². The fraction of sp³-hybridized carbons (Fsp3) is 0.357. The van der Waals surface area contributed by atoms with Crippen LogP contribution in [-0.4, -0.2) is 35.2 Å². The van der Waals surface area contributed by atoms with Crippen LogP contribution in [0.3, 0.4) is 0 Å². The Hall–Kier alpha value is -1.97. The lowest BCUT2D eigenvalue weighted by molar-refractivity contribution is -0.127. The minimum Gasteiger partial charge on any atom is -0.338 e. The number of ketones is 1. The molecule has 0 saturated heterocycles. The molecule has 18 heavy (non-hydrogen) atoms. The number of nitrogens with zero attached hydrogens (tertiary/aromatic N) is 2. The van der Waals surface area contributed by atoms with Gasteiger partial charge in [-0.3, -0.25) is 14.6 Å². The lowest BCUT2D eigenvalue weighted by Gasteiger charge is -2.09. The number of aryl methyl sites for hydroxylation is 2. The summed E-state index contributed by atoms with van der Waals surface area (Å²) in [5.74, 6) is -0.309. The summed E-state index contributed by atoms with van der Waals surface area (Å²) in [5, 5.41) is 0. The van der Waals surface area contributed by atoms with Crippen LogP contribution in [0.2, 0.25) is 0 Å². The number of pyridine rings is 1. The van der Waals surface area contributed by atoms with Crippen molar-refractivity contribution in [3.05, 3.63) is 40.7 Å². The summed E-state index contributed by atoms with van der Waals surface area (Å²) in [4.78, 5) is 29.6. The van der Waals surface area contributed by atoms with E-state index in [-0.39, 0.29) is 18.1 Å². The zero-order valence-electron chi connectivity index (χ0n) is 10.9. The number of amides is 1. The van der Waals surface area contributed by atoms with E-state index in [2.05, 4.69) is 4.98 Å². The average Bonchev–Trinajstić information content (AvgIpc) is 2.64. The first kappa shape index (κ1) is 12.5. The fourth-order valence-corrected chi connectivity index (χ4v) is 2.01. The van der Waals surface area contributed by atoms with E-state index in [0.29, 0.717) is 12.1 Å². The van der Waals surface area contributed by atoms with Crippen molar-refractivity contribution in [2.75, 3.05) is 13.6 Å². The molecule has 0 atom stereocenters. The van der Waals surface area contributed by atoms with Crippen LogP contribution in [0.15, 0.2) is 23.8 Å². The molecule has 1 aliphatic rings. The zero-order valence-corrected chi connectivity index (χ0v) is 10.9. The molecule has 1 aromatic rings. The lowest BCUT2D eigenvalue weighted by Crippen LogP contribution is -2.25. The van der Waals surface area contributed by atoms with E-state index in [4.69, 9.17) is 0 Å². The van der Waals surface area contributed by atoms with E-state index in [1.54, 1.807) is 13.1 Å². The van der Waals surface area contributed by atoms with Crippen LogP contribution in [0.4, 0.5) is 0 Å². The van der Waals surface area contributed by atoms with Crippen molar-refractivity contribution >= 4 is 11.7 Å². The minimum absolute atomic E-state index is 0.127. The van der Waals surface area contributed by atoms with Crippen LogP contribution in [-0.2, 0) is 16.0 Å². The zero-order chi connectivity index (χ0) is 13.3. The predicted octanol–water partition coefficient (Wildman–Crippen LogP) is 1.21. The number of likely N-dealkylation sites (N-methyl/N-ethyl adjacent to an activating group) is 1. The monoisotopic (exact) mass is 244 g/mol. The van der Waals surface area contributed by atoms with Crippen molar-refractivity contribution in [2.24, 2.45) is 0 Å². The van der Waals surface area contributed by atoms with Gasteiger partial charge in [-0.25, -0.2) is 0 Å². The van der Waals surface area contributed by atoms with Gasteiger partial charge in [-0.15, -0.1) is 0 Å². The molecule has 94 valence electrons. The number of carbonyl (C=O) groups is 2. The SMILES string of the molecule is Cc1ccc(CC(=O)C2=CCN(C)C2=O)c(C)n1. The van der Waals surface area contributed by atoms with Crippen LogP contribution >= 0.6 is 0 Å². The second-order valence-electron chi connectivity index (χ2n) is 4.60. The molecule has 0 aliphatic carbocycles. The summed E-state index contributed by atoms with van der Waals surface area (Å²) in [6.07, 6.45) is 1.94. The maximum atomic E-state index is 12.1. The van der Waals surface area contributed by atoms with E-state index in [9.17, 15) is 9.59 Å². The van der Waals surface area contributed by atoms with Gasteiger partial charge in [0.1, 0.15) is 0 Å². The molecule has 0 aromatic carbocycles. The van der Waals surface area contributed by atoms with E-state index in [1.807, 2.05) is 26.0 Å². The number of aromatic nitrogens is 1. The van der Waals surface area contributed by atoms with Gasteiger partial charge in [0.05, 0.1) is 5.57 Å². The summed E-state index contributed by atoms with van der Waals surface area (Å²) in [6, 6.07) is 3.78. The third kappa shape index (κ3) is 2.32. The Morgan fingerprint density at radius 3 is 2.67 bits per heavy atom. The fourth-order valence-electron chi connectivity index (χ4n) is 2.01. The van der Waals surface area contributed by atoms with E-state index in [0.717, 1.165) is 17.0 Å². The predicted molar refractivity (Wildman–Crippen MR) is 68.1 cm³/mol. The molecule has 2 rings (SSSR count). The minimum atomic E-state index is -0.183. The lowest BCUT2D eigenvalue weighted by atomic mass is 10.0. The molecule has 4 nitrogen and oxygen atoms in total. The van der Waals surface area contributed by atoms with Crippen LogP contribution in [0.1, 0.15) is 17.0 Å². The van der Waals surface area contributed by atoms with Gasteiger partial charge in [0, 0.05) is 31.4 Å². The highest BCUT2D eigenvalue weighted by Gasteiger charge is 2.26. The molecular weight excluding hydrogens is 228 g/mol. The van der Waals surface area contributed by atoms with Gasteiger partial charge < -0.3 is 4.90 Å². The van der Waals surface area contributed by atoms with E-state index in [1.165, 1.54) is 4.90 Å². The summed E-state index contributed by atoms with van der Waals surface area (Å²) in [6.45, 7) is 4.31. The van der Waals surface area contributed by atoms with E-state index >= 15 is 0 Å². The van der Waals surface area contributed by atoms with Crippen molar-refractivity contribution < 1.29 is 9.59 Å². The van der Waals surface area contributed by atoms with Crippen LogP contribution in [0, 0.1) is 13.8 Å². The standard InChI is InChI=1S/C14H16N2O2/c1-9-4-5-11(10(2)15-9)8-13(17)12-6-7-16(3)14(12)18/h4-6H,7-8H2,1-3H3. The highest BCUT2D eigenvalue weighted by atomic mass is 16.2. The van der Waals surface area contributed by atoms with Crippen molar-refractivity contribution in [1.82, 2.24) is 9.88 Å². The second kappa shape index (κ2) is 4.72. The summed E-state index contributed by atoms with van der Waals surface area (Å²) in [5.41, 5.74) is 2.97. The van der Waals surface area contributed by atoms with Crippen LogP contribution in [0.25, 0.3) is 0 Å². The first-order chi connectivity index (χ1) is 8.49. The highest BCUT2D eigenvalue weighted by Crippen LogP contribution is 2.15. The number of rotatable bonds is 3. The third-order valence-electron chi connectivity index (χ3n) is 3.13. The quantitative estimate of drug-likeness (QED) is 0.751. The van der Waals surface area contributed by atoms with Gasteiger partial charge in [-0.2, -0.15) is 0 Å². The van der Waals surface area contributed by atoms with Gasteiger partial charge in [-0.05, 0) is 31.6 Å². The Bertz CT molecular complexity index is 547. The maximum Gasteiger partial charge on any atom is 0.257 e. The molecule has 4 heteroatoms. The third-order valence-corrected chi connectivity index (χ3v) is 3.13. The molecule has 0 radical (unpaired) electrons. The highest BCUT2D eigenvalue weighted by molar-refractivity contribution is 6.20. The molecule has 1 aromatic heterocycles. The van der Waals surface area contributed by atoms with Gasteiger partial charge in [-0.1, -0.05) is 6.07 Å². The Labute approximate surface area is 106 Å². The number of hydrogen-bond acceptors (Lipinski definition) is 3. The van der Waals surface area contributed by atoms with Gasteiger partial charge >= 0.3 is 0 Å². The summed E-state index contributed by atoms with van der Waals surface area (Å²) in [7, 11) is 1.69. The van der Waals surface area contributed by atoms with Crippen molar-refractivity contribution in [3.63, 3.8) is 0 Å². The molecular formula is C14H16N2O2. The average molecular weight is 244 g/mol. The first-order valence-electron chi connectivity index (χ1n) is 5.91. The summed E-state index contributed by atoms with van der Waals surface area (Å²) < 4.78 is 0. The van der Waals surface area contributed by atoms with E-state index < -0.39 is 0 Å². The first-order valence-corrected chi connectivity index (χ1v) is 5.91. The second-order valence-corrected chi connectivity index (χ2v) is 4.60. The molecule has 0 fully saturated rings. The molecule has 1 aliphatic heterocycles. The number of carbonyl (C=O) groups excluding carboxylic acids is 2. The van der Waals surface area contributed by atoms with Crippen LogP contribution < -0.4 is 0 Å². The normalized spacial score (nSPS) is 14.9. The Morgan fingerprint density at radius 2 is 2.11 bits per heavy atom. The number of Topliss-reactive ketones (excluding diaryl/α,β-unsaturated/α-hetero) is 1. The maximum absolute atomic E-state index is 12.1. The largest absolute Gasteiger partial charge is 0.338 e. The van der Waals surface area contributed by atoms with Gasteiger partial charge in [0.2, 0.25) is 0 Å². The molecule has 0 saturated carbocycles. The van der Waals surface area contributed by atoms with Gasteiger partial charge in [0.15, 0.2) is 5.78 Å². The van der Waals surface area contributed by atoms with Crippen molar-refractivity contribution in [2.45, 2.75) is 20.3 Å². The molecule has 0 unspecified atom stereocenters. The summed E-state index contributed by atoms with van der Waals surface area (Å²) >= 11 is 0. The topological polar surface area (TPSA) is 50.3 Å². The molecule has 0 N–H and O–H groups in total. The Morgan fingerprint density at radius 1 is 1.39 bits per heavy atom. The molecule has 2 heterocycles. The molecule has 1 amide bonds. The van der Waals surface area contributed by atoms with Crippen molar-refractivity contribution in [3.8, 4) is 0 Å². The smallest absolute Gasteiger partial charge is 0.257 e. The molecule has 0 bridgehead atoms. The Balaban J connectivity index is 2.15.